The van der Waals surface area contributed by atoms with Crippen LogP contribution in [0.4, 0.5) is 0 Å². The fourth-order valence-corrected chi connectivity index (χ4v) is 9.17. The molecular formula is C17H40O3Si2. The van der Waals surface area contributed by atoms with Gasteiger partial charge >= 0.3 is 0 Å². The van der Waals surface area contributed by atoms with Gasteiger partial charge in [-0.05, 0) is 50.1 Å². The summed E-state index contributed by atoms with van der Waals surface area (Å²) in [7, 11) is -3.35. The van der Waals surface area contributed by atoms with E-state index in [1.54, 1.807) is 0 Å². The molecule has 0 aliphatic heterocycles. The summed E-state index contributed by atoms with van der Waals surface area (Å²) < 4.78 is 12.8. The van der Waals surface area contributed by atoms with Gasteiger partial charge in [0, 0.05) is 0 Å². The molecule has 3 nitrogen and oxygen atoms in total. The molecule has 22 heavy (non-hydrogen) atoms. The Morgan fingerprint density at radius 1 is 0.636 bits per heavy atom. The van der Waals surface area contributed by atoms with Crippen LogP contribution in [-0.4, -0.2) is 40.1 Å². The molecule has 0 rings (SSSR count). The van der Waals surface area contributed by atoms with Gasteiger partial charge in [-0.3, -0.25) is 0 Å². The Morgan fingerprint density at radius 2 is 0.864 bits per heavy atom. The Hall–Kier alpha value is 0.314. The van der Waals surface area contributed by atoms with Gasteiger partial charge in [0.15, 0.2) is 16.6 Å². The minimum Gasteiger partial charge on any atom is -0.411 e. The largest absolute Gasteiger partial charge is 0.411 e. The smallest absolute Gasteiger partial charge is 0.192 e. The second-order valence-electron chi connectivity index (χ2n) is 6.62. The SMILES string of the molecule is CC[Si](CC)(CC)OC(C)C(O)C(C)O[Si](CC)(CC)CC. The van der Waals surface area contributed by atoms with Crippen LogP contribution >= 0.6 is 0 Å². The highest BCUT2D eigenvalue weighted by Crippen LogP contribution is 2.28. The normalized spacial score (nSPS) is 17.3. The van der Waals surface area contributed by atoms with Gasteiger partial charge in [0.05, 0.1) is 12.2 Å². The van der Waals surface area contributed by atoms with Crippen molar-refractivity contribution >= 4 is 16.6 Å². The minimum absolute atomic E-state index is 0.140. The van der Waals surface area contributed by atoms with Crippen molar-refractivity contribution in [1.29, 1.82) is 0 Å². The maximum atomic E-state index is 10.7. The van der Waals surface area contributed by atoms with Crippen LogP contribution in [0.1, 0.15) is 55.4 Å². The Labute approximate surface area is 141 Å². The molecule has 0 radical (unpaired) electrons. The number of aliphatic hydroxyl groups is 1. The van der Waals surface area contributed by atoms with E-state index in [2.05, 4.69) is 41.5 Å². The first-order chi connectivity index (χ1) is 10.3. The van der Waals surface area contributed by atoms with Gasteiger partial charge < -0.3 is 14.0 Å². The fourth-order valence-electron chi connectivity index (χ4n) is 3.31. The Kier molecular flexibility index (Phi) is 10.4. The second kappa shape index (κ2) is 10.2. The van der Waals surface area contributed by atoms with E-state index in [4.69, 9.17) is 8.85 Å². The number of rotatable bonds is 12. The molecule has 0 amide bonds. The molecule has 0 saturated carbocycles. The Morgan fingerprint density at radius 3 is 1.05 bits per heavy atom. The van der Waals surface area contributed by atoms with Crippen LogP contribution in [0.5, 0.6) is 0 Å². The van der Waals surface area contributed by atoms with Gasteiger partial charge in [-0.15, -0.1) is 0 Å². The number of hydrogen-bond donors (Lipinski definition) is 1. The maximum absolute atomic E-state index is 10.7. The van der Waals surface area contributed by atoms with E-state index in [1.807, 2.05) is 13.8 Å². The predicted molar refractivity (Wildman–Crippen MR) is 101 cm³/mol. The quantitative estimate of drug-likeness (QED) is 0.495. The van der Waals surface area contributed by atoms with Crippen molar-refractivity contribution in [2.75, 3.05) is 0 Å². The first-order valence-corrected chi connectivity index (χ1v) is 14.4. The topological polar surface area (TPSA) is 38.7 Å². The van der Waals surface area contributed by atoms with Crippen molar-refractivity contribution in [2.24, 2.45) is 0 Å². The lowest BCUT2D eigenvalue weighted by Gasteiger charge is -2.38. The minimum atomic E-state index is -1.68. The van der Waals surface area contributed by atoms with Crippen LogP contribution in [0.15, 0.2) is 0 Å². The molecule has 0 aromatic rings. The molecule has 0 aliphatic rings. The molecule has 1 N–H and O–H groups in total. The van der Waals surface area contributed by atoms with Crippen molar-refractivity contribution in [2.45, 2.75) is 110 Å². The molecule has 0 fully saturated rings. The van der Waals surface area contributed by atoms with Crippen LogP contribution in [0.3, 0.4) is 0 Å². The van der Waals surface area contributed by atoms with Crippen LogP contribution in [0, 0.1) is 0 Å². The summed E-state index contributed by atoms with van der Waals surface area (Å²) in [5.74, 6) is 0. The van der Waals surface area contributed by atoms with E-state index in [9.17, 15) is 5.11 Å². The molecular weight excluding hydrogens is 308 g/mol. The van der Waals surface area contributed by atoms with Gasteiger partial charge in [0.2, 0.25) is 0 Å². The van der Waals surface area contributed by atoms with E-state index in [-0.39, 0.29) is 12.2 Å². The molecule has 0 saturated heterocycles. The standard InChI is InChI=1S/C17H40O3Si2/c1-9-21(10-2,11-3)19-15(7)17(18)16(8)20-22(12-4,13-5)14-6/h15-18H,9-14H2,1-8H3. The highest BCUT2D eigenvalue weighted by Gasteiger charge is 2.37. The first kappa shape index (κ1) is 22.3. The van der Waals surface area contributed by atoms with Crippen LogP contribution in [0.2, 0.25) is 36.3 Å². The predicted octanol–water partition coefficient (Wildman–Crippen LogP) is 5.17. The van der Waals surface area contributed by atoms with Crippen molar-refractivity contribution in [3.8, 4) is 0 Å². The van der Waals surface area contributed by atoms with Crippen molar-refractivity contribution in [3.05, 3.63) is 0 Å². The number of hydrogen-bond acceptors (Lipinski definition) is 3. The monoisotopic (exact) mass is 348 g/mol. The average Bonchev–Trinajstić information content (AvgIpc) is 2.56. The third kappa shape index (κ3) is 5.75. The molecule has 134 valence electrons. The Bertz CT molecular complexity index is 247. The third-order valence-corrected chi connectivity index (χ3v) is 15.2. The van der Waals surface area contributed by atoms with Crippen molar-refractivity contribution in [3.63, 3.8) is 0 Å². The highest BCUT2D eigenvalue weighted by molar-refractivity contribution is 6.74. The van der Waals surface area contributed by atoms with Crippen molar-refractivity contribution < 1.29 is 14.0 Å². The van der Waals surface area contributed by atoms with Crippen molar-refractivity contribution in [1.82, 2.24) is 0 Å². The summed E-state index contributed by atoms with van der Waals surface area (Å²) in [5, 5.41) is 10.7. The zero-order chi connectivity index (χ0) is 17.4. The zero-order valence-electron chi connectivity index (χ0n) is 16.2. The fraction of sp³-hybridized carbons (Fsp3) is 1.00. The van der Waals surface area contributed by atoms with Gasteiger partial charge in [0.1, 0.15) is 6.10 Å². The summed E-state index contributed by atoms with van der Waals surface area (Å²) >= 11 is 0. The molecule has 0 bridgehead atoms. The van der Waals surface area contributed by atoms with Crippen LogP contribution in [-0.2, 0) is 8.85 Å². The lowest BCUT2D eigenvalue weighted by molar-refractivity contribution is -0.0319. The Balaban J connectivity index is 4.83. The molecule has 5 heteroatoms. The summed E-state index contributed by atoms with van der Waals surface area (Å²) in [6.45, 7) is 17.4. The van der Waals surface area contributed by atoms with Gasteiger partial charge in [0.25, 0.3) is 0 Å². The van der Waals surface area contributed by atoms with E-state index >= 15 is 0 Å². The zero-order valence-corrected chi connectivity index (χ0v) is 18.2. The molecule has 0 aromatic carbocycles. The summed E-state index contributed by atoms with van der Waals surface area (Å²) in [6, 6.07) is 6.69. The van der Waals surface area contributed by atoms with Crippen LogP contribution in [0.25, 0.3) is 0 Å². The molecule has 2 unspecified atom stereocenters. The van der Waals surface area contributed by atoms with E-state index < -0.39 is 22.7 Å². The van der Waals surface area contributed by atoms with Gasteiger partial charge in [-0.25, -0.2) is 0 Å². The van der Waals surface area contributed by atoms with Gasteiger partial charge in [-0.2, -0.15) is 0 Å². The average molecular weight is 349 g/mol. The van der Waals surface area contributed by atoms with Gasteiger partial charge in [-0.1, -0.05) is 41.5 Å². The summed E-state index contributed by atoms with van der Waals surface area (Å²) in [4.78, 5) is 0. The highest BCUT2D eigenvalue weighted by atomic mass is 28.4. The summed E-state index contributed by atoms with van der Waals surface area (Å²) in [5.41, 5.74) is 0. The molecule has 0 aliphatic carbocycles. The molecule has 0 aromatic heterocycles. The number of aliphatic hydroxyl groups excluding tert-OH is 1. The molecule has 0 heterocycles. The third-order valence-electron chi connectivity index (χ3n) is 5.70. The second-order valence-corrected chi connectivity index (χ2v) is 16.1. The lowest BCUT2D eigenvalue weighted by Crippen LogP contribution is -2.49. The first-order valence-electron chi connectivity index (χ1n) is 9.32. The lowest BCUT2D eigenvalue weighted by atomic mass is 10.1. The molecule has 0 spiro atoms. The maximum Gasteiger partial charge on any atom is 0.192 e. The van der Waals surface area contributed by atoms with E-state index in [0.29, 0.717) is 0 Å². The van der Waals surface area contributed by atoms with Crippen LogP contribution < -0.4 is 0 Å². The van der Waals surface area contributed by atoms with E-state index in [1.165, 1.54) is 0 Å². The van der Waals surface area contributed by atoms with E-state index in [0.717, 1.165) is 36.3 Å². The molecule has 2 atom stereocenters. The summed E-state index contributed by atoms with van der Waals surface area (Å²) in [6.07, 6.45) is -0.814.